The monoisotopic (exact) mass is 222 g/mol. The summed E-state index contributed by atoms with van der Waals surface area (Å²) in [6.45, 7) is 3.10. The molecule has 0 aliphatic carbocycles. The highest BCUT2D eigenvalue weighted by Crippen LogP contribution is 2.14. The van der Waals surface area contributed by atoms with Crippen molar-refractivity contribution in [1.82, 2.24) is 24.4 Å². The summed E-state index contributed by atoms with van der Waals surface area (Å²) in [5.74, 6) is 0.333. The Kier molecular flexibility index (Phi) is 1.77. The number of nitrogens with one attached hydrogen (secondary N) is 1. The van der Waals surface area contributed by atoms with E-state index in [1.807, 2.05) is 4.57 Å². The molecule has 0 amide bonds. The van der Waals surface area contributed by atoms with Gasteiger partial charge in [-0.05, 0) is 0 Å². The summed E-state index contributed by atoms with van der Waals surface area (Å²) < 4.78 is 2.45. The van der Waals surface area contributed by atoms with Gasteiger partial charge in [0.2, 0.25) is 0 Å². The lowest BCUT2D eigenvalue weighted by Gasteiger charge is -2.04. The molecule has 2 aromatic heterocycles. The smallest absolute Gasteiger partial charge is 0.200 e. The molecule has 1 fully saturated rings. The van der Waals surface area contributed by atoms with Crippen molar-refractivity contribution in [3.05, 3.63) is 11.0 Å². The fourth-order valence-electron chi connectivity index (χ4n) is 1.52. The maximum absolute atomic E-state index is 5.61. The molecule has 0 aromatic carbocycles. The topological polar surface area (TPSA) is 75.5 Å². The molecule has 1 aliphatic rings. The van der Waals surface area contributed by atoms with Gasteiger partial charge in [0.15, 0.2) is 10.6 Å². The normalized spacial score (nSPS) is 16.0. The van der Waals surface area contributed by atoms with Gasteiger partial charge in [-0.25, -0.2) is 9.97 Å². The van der Waals surface area contributed by atoms with Crippen LogP contribution in [-0.4, -0.2) is 37.5 Å². The molecule has 15 heavy (non-hydrogen) atoms. The number of nitrogens with zero attached hydrogens (tertiary/aromatic N) is 4. The van der Waals surface area contributed by atoms with E-state index in [0.29, 0.717) is 16.1 Å². The molecule has 0 saturated carbocycles. The summed E-state index contributed by atoms with van der Waals surface area (Å²) in [7, 11) is 0. The Bertz CT molecular complexity index is 566. The Morgan fingerprint density at radius 3 is 3.07 bits per heavy atom. The van der Waals surface area contributed by atoms with Crippen LogP contribution in [0.1, 0.15) is 0 Å². The summed E-state index contributed by atoms with van der Waals surface area (Å²) in [6, 6.07) is 0. The number of hydrogen-bond acceptors (Lipinski definition) is 5. The predicted octanol–water partition coefficient (Wildman–Crippen LogP) is 0.344. The molecular weight excluding hydrogens is 212 g/mol. The van der Waals surface area contributed by atoms with Crippen molar-refractivity contribution >= 4 is 29.3 Å². The first kappa shape index (κ1) is 8.81. The average Bonchev–Trinajstić information content (AvgIpc) is 2.89. The Hall–Kier alpha value is -1.47. The molecule has 7 heteroatoms. The van der Waals surface area contributed by atoms with Gasteiger partial charge in [0, 0.05) is 13.1 Å². The standard InChI is InChI=1S/C8H10N6S/c9-8-11-6-5(7(15)12-8)10-3-14(6)4-13-1-2-13/h3H,1-2,4H2,(H3,9,11,12,15). The third-order valence-corrected chi connectivity index (χ3v) is 2.69. The van der Waals surface area contributed by atoms with Crippen molar-refractivity contribution in [1.29, 1.82) is 0 Å². The summed E-state index contributed by atoms with van der Waals surface area (Å²) in [5, 5.41) is 0. The third kappa shape index (κ3) is 1.49. The lowest BCUT2D eigenvalue weighted by molar-refractivity contribution is 0.447. The average molecular weight is 222 g/mol. The zero-order valence-corrected chi connectivity index (χ0v) is 8.79. The minimum atomic E-state index is 0.333. The van der Waals surface area contributed by atoms with Crippen LogP contribution < -0.4 is 5.73 Å². The van der Waals surface area contributed by atoms with E-state index >= 15 is 0 Å². The number of rotatable bonds is 2. The molecule has 3 heterocycles. The van der Waals surface area contributed by atoms with Crippen molar-refractivity contribution in [3.63, 3.8) is 0 Å². The summed E-state index contributed by atoms with van der Waals surface area (Å²) in [4.78, 5) is 13.4. The van der Waals surface area contributed by atoms with Gasteiger partial charge >= 0.3 is 0 Å². The van der Waals surface area contributed by atoms with Crippen LogP contribution in [0.2, 0.25) is 0 Å². The van der Waals surface area contributed by atoms with Crippen molar-refractivity contribution < 1.29 is 0 Å². The molecule has 0 spiro atoms. The minimum absolute atomic E-state index is 0.333. The molecule has 78 valence electrons. The maximum atomic E-state index is 5.61. The van der Waals surface area contributed by atoms with Crippen molar-refractivity contribution in [2.75, 3.05) is 18.8 Å². The molecule has 0 radical (unpaired) electrons. The van der Waals surface area contributed by atoms with Crippen molar-refractivity contribution in [3.8, 4) is 0 Å². The van der Waals surface area contributed by atoms with Crippen molar-refractivity contribution in [2.45, 2.75) is 6.67 Å². The number of anilines is 1. The highest BCUT2D eigenvalue weighted by Gasteiger charge is 2.18. The Labute approximate surface area is 90.7 Å². The Balaban J connectivity index is 2.18. The van der Waals surface area contributed by atoms with E-state index in [0.717, 1.165) is 25.4 Å². The first-order valence-electron chi connectivity index (χ1n) is 4.67. The van der Waals surface area contributed by atoms with Crippen LogP contribution in [0.25, 0.3) is 11.2 Å². The first-order chi connectivity index (χ1) is 7.24. The van der Waals surface area contributed by atoms with E-state index < -0.39 is 0 Å². The van der Waals surface area contributed by atoms with Gasteiger partial charge < -0.3 is 15.3 Å². The van der Waals surface area contributed by atoms with Gasteiger partial charge in [-0.1, -0.05) is 12.2 Å². The van der Waals surface area contributed by atoms with Crippen molar-refractivity contribution in [2.24, 2.45) is 0 Å². The molecule has 3 N–H and O–H groups in total. The van der Waals surface area contributed by atoms with E-state index in [1.54, 1.807) is 6.33 Å². The number of H-pyrrole nitrogens is 1. The molecule has 3 rings (SSSR count). The third-order valence-electron chi connectivity index (χ3n) is 2.40. The SMILES string of the molecule is Nc1nc(=S)c2ncn(CN3CC3)c2[nH]1. The number of aromatic nitrogens is 4. The Morgan fingerprint density at radius 1 is 1.53 bits per heavy atom. The fraction of sp³-hybridized carbons (Fsp3) is 0.375. The highest BCUT2D eigenvalue weighted by atomic mass is 32.1. The second kappa shape index (κ2) is 3.01. The van der Waals surface area contributed by atoms with Crippen LogP contribution in [0.5, 0.6) is 0 Å². The lowest BCUT2D eigenvalue weighted by atomic mass is 10.5. The van der Waals surface area contributed by atoms with Gasteiger partial charge in [0.1, 0.15) is 11.2 Å². The highest BCUT2D eigenvalue weighted by molar-refractivity contribution is 7.71. The zero-order chi connectivity index (χ0) is 10.4. The number of nitrogen functional groups attached to an aromatic ring is 1. The van der Waals surface area contributed by atoms with E-state index in [-0.39, 0.29) is 0 Å². The van der Waals surface area contributed by atoms with Crippen LogP contribution in [0.4, 0.5) is 5.95 Å². The molecule has 0 atom stereocenters. The second-order valence-corrected chi connectivity index (χ2v) is 3.98. The number of hydrogen-bond donors (Lipinski definition) is 2. The van der Waals surface area contributed by atoms with E-state index in [1.165, 1.54) is 0 Å². The van der Waals surface area contributed by atoms with E-state index in [2.05, 4.69) is 19.9 Å². The van der Waals surface area contributed by atoms with Gasteiger partial charge in [-0.3, -0.25) is 4.90 Å². The molecule has 1 aliphatic heterocycles. The van der Waals surface area contributed by atoms with E-state index in [9.17, 15) is 0 Å². The maximum Gasteiger partial charge on any atom is 0.200 e. The molecule has 6 nitrogen and oxygen atoms in total. The summed E-state index contributed by atoms with van der Waals surface area (Å²) in [5.41, 5.74) is 7.17. The van der Waals surface area contributed by atoms with Gasteiger partial charge in [0.25, 0.3) is 0 Å². The molecule has 0 unspecified atom stereocenters. The summed E-state index contributed by atoms with van der Waals surface area (Å²) in [6.07, 6.45) is 1.76. The van der Waals surface area contributed by atoms with Crippen LogP contribution in [-0.2, 0) is 6.67 Å². The predicted molar refractivity (Wildman–Crippen MR) is 58.7 cm³/mol. The number of nitrogens with two attached hydrogens (primary N) is 1. The number of imidazole rings is 1. The minimum Gasteiger partial charge on any atom is -0.369 e. The van der Waals surface area contributed by atoms with Gasteiger partial charge in [-0.15, -0.1) is 0 Å². The summed E-state index contributed by atoms with van der Waals surface area (Å²) >= 11 is 5.08. The van der Waals surface area contributed by atoms with Crippen LogP contribution in [0, 0.1) is 4.64 Å². The van der Waals surface area contributed by atoms with Crippen LogP contribution in [0.15, 0.2) is 6.33 Å². The van der Waals surface area contributed by atoms with E-state index in [4.69, 9.17) is 18.0 Å². The first-order valence-corrected chi connectivity index (χ1v) is 5.08. The molecule has 0 bridgehead atoms. The second-order valence-electron chi connectivity index (χ2n) is 3.60. The lowest BCUT2D eigenvalue weighted by Crippen LogP contribution is -2.07. The Morgan fingerprint density at radius 2 is 2.33 bits per heavy atom. The molecule has 1 saturated heterocycles. The fourth-order valence-corrected chi connectivity index (χ4v) is 1.76. The van der Waals surface area contributed by atoms with Gasteiger partial charge in [-0.2, -0.15) is 0 Å². The number of aromatic amines is 1. The number of fused-ring (bicyclic) bond motifs is 1. The largest absolute Gasteiger partial charge is 0.369 e. The molecular formula is C8H10N6S. The quantitative estimate of drug-likeness (QED) is 0.566. The zero-order valence-electron chi connectivity index (χ0n) is 7.97. The molecule has 2 aromatic rings. The van der Waals surface area contributed by atoms with Gasteiger partial charge in [0.05, 0.1) is 13.0 Å². The van der Waals surface area contributed by atoms with Crippen LogP contribution in [0.3, 0.4) is 0 Å². The van der Waals surface area contributed by atoms with Crippen LogP contribution >= 0.6 is 12.2 Å².